The third-order valence-corrected chi connectivity index (χ3v) is 7.45. The predicted molar refractivity (Wildman–Crippen MR) is 125 cm³/mol. The summed E-state index contributed by atoms with van der Waals surface area (Å²) >= 11 is 5.95. The summed E-state index contributed by atoms with van der Waals surface area (Å²) in [7, 11) is -2.34. The van der Waals surface area contributed by atoms with Crippen LogP contribution in [0.5, 0.6) is 0 Å². The third-order valence-electron chi connectivity index (χ3n) is 5.36. The molecule has 1 aliphatic rings. The second kappa shape index (κ2) is 8.93. The highest BCUT2D eigenvalue weighted by Gasteiger charge is 2.34. The molecule has 168 valence electrons. The molecule has 1 aromatic heterocycles. The van der Waals surface area contributed by atoms with E-state index < -0.39 is 15.9 Å². The van der Waals surface area contributed by atoms with Crippen molar-refractivity contribution in [2.45, 2.75) is 11.9 Å². The first-order valence-corrected chi connectivity index (χ1v) is 12.0. The number of sulfonamides is 1. The fraction of sp³-hybridized carbons (Fsp3) is 0.273. The highest BCUT2D eigenvalue weighted by Crippen LogP contribution is 2.24. The second-order valence-corrected chi connectivity index (χ2v) is 10.00. The molecule has 0 atom stereocenters. The molecule has 1 amide bonds. The average molecular weight is 474 g/mol. The number of hydrogen-bond donors (Lipinski definition) is 1. The molecule has 0 unspecified atom stereocenters. The average Bonchev–Trinajstić information content (AvgIpc) is 3.19. The summed E-state index contributed by atoms with van der Waals surface area (Å²) in [5.41, 5.74) is 2.66. The minimum absolute atomic E-state index is 0.0215. The van der Waals surface area contributed by atoms with Crippen LogP contribution in [0.4, 0.5) is 11.4 Å². The number of aryl methyl sites for hydroxylation is 2. The number of rotatable bonds is 5. The van der Waals surface area contributed by atoms with Crippen LogP contribution in [-0.4, -0.2) is 54.6 Å². The molecule has 3 aromatic rings. The molecule has 0 bridgehead atoms. The Morgan fingerprint density at radius 2 is 1.62 bits per heavy atom. The van der Waals surface area contributed by atoms with Crippen molar-refractivity contribution < 1.29 is 13.2 Å². The molecule has 1 aliphatic heterocycles. The van der Waals surface area contributed by atoms with Crippen LogP contribution < -0.4 is 10.2 Å². The van der Waals surface area contributed by atoms with Gasteiger partial charge in [0.15, 0.2) is 0 Å². The van der Waals surface area contributed by atoms with Crippen molar-refractivity contribution in [3.63, 3.8) is 0 Å². The Bertz CT molecular complexity index is 1220. The molecule has 0 spiro atoms. The molecule has 32 heavy (non-hydrogen) atoms. The first-order valence-electron chi connectivity index (χ1n) is 10.2. The molecule has 0 radical (unpaired) electrons. The van der Waals surface area contributed by atoms with Crippen molar-refractivity contribution in [1.29, 1.82) is 0 Å². The van der Waals surface area contributed by atoms with Crippen molar-refractivity contribution in [2.24, 2.45) is 7.05 Å². The van der Waals surface area contributed by atoms with Crippen LogP contribution in [0.3, 0.4) is 0 Å². The van der Waals surface area contributed by atoms with Gasteiger partial charge in [-0.1, -0.05) is 29.3 Å². The van der Waals surface area contributed by atoms with Crippen LogP contribution in [0.15, 0.2) is 59.8 Å². The number of nitrogens with zero attached hydrogens (tertiary/aromatic N) is 4. The van der Waals surface area contributed by atoms with Gasteiger partial charge < -0.3 is 10.2 Å². The van der Waals surface area contributed by atoms with E-state index in [1.807, 2.05) is 43.3 Å². The van der Waals surface area contributed by atoms with E-state index in [-0.39, 0.29) is 10.6 Å². The maximum atomic E-state index is 13.3. The second-order valence-electron chi connectivity index (χ2n) is 7.71. The summed E-state index contributed by atoms with van der Waals surface area (Å²) < 4.78 is 29.4. The summed E-state index contributed by atoms with van der Waals surface area (Å²) in [4.78, 5) is 15.0. The van der Waals surface area contributed by atoms with E-state index in [0.29, 0.717) is 36.9 Å². The molecular weight excluding hydrogens is 450 g/mol. The lowest BCUT2D eigenvalue weighted by atomic mass is 10.2. The lowest BCUT2D eigenvalue weighted by Gasteiger charge is -2.35. The standard InChI is InChI=1S/C22H24ClN5O3S/c1-16-3-7-18(8-4-16)24-21(29)20-15-26(2)25-22(20)32(30,31)28-13-11-27(12-14-28)19-9-5-17(23)6-10-19/h3-10,15H,11-14H2,1-2H3,(H,24,29). The first kappa shape index (κ1) is 22.3. The van der Waals surface area contributed by atoms with E-state index in [9.17, 15) is 13.2 Å². The highest BCUT2D eigenvalue weighted by molar-refractivity contribution is 7.89. The molecule has 0 saturated carbocycles. The number of nitrogens with one attached hydrogen (secondary N) is 1. The highest BCUT2D eigenvalue weighted by atomic mass is 35.5. The molecule has 0 aliphatic carbocycles. The summed E-state index contributed by atoms with van der Waals surface area (Å²) in [6.45, 7) is 3.59. The number of piperazine rings is 1. The Hall–Kier alpha value is -2.88. The molecule has 8 nitrogen and oxygen atoms in total. The van der Waals surface area contributed by atoms with E-state index in [0.717, 1.165) is 11.3 Å². The normalized spacial score (nSPS) is 15.0. The van der Waals surface area contributed by atoms with Gasteiger partial charge in [-0.05, 0) is 43.3 Å². The van der Waals surface area contributed by atoms with Gasteiger partial charge in [0.05, 0.1) is 5.56 Å². The Morgan fingerprint density at radius 1 is 1.00 bits per heavy atom. The van der Waals surface area contributed by atoms with Crippen molar-refractivity contribution in [3.05, 3.63) is 70.9 Å². The smallest absolute Gasteiger partial charge is 0.263 e. The Kier molecular flexibility index (Phi) is 6.23. The van der Waals surface area contributed by atoms with Crippen LogP contribution in [0.1, 0.15) is 15.9 Å². The molecule has 1 N–H and O–H groups in total. The summed E-state index contributed by atoms with van der Waals surface area (Å²) in [6.07, 6.45) is 1.43. The van der Waals surface area contributed by atoms with Gasteiger partial charge >= 0.3 is 0 Å². The molecule has 4 rings (SSSR count). The van der Waals surface area contributed by atoms with Crippen molar-refractivity contribution in [2.75, 3.05) is 36.4 Å². The van der Waals surface area contributed by atoms with Gasteiger partial charge in [-0.15, -0.1) is 0 Å². The molecule has 10 heteroatoms. The fourth-order valence-corrected chi connectivity index (χ4v) is 5.28. The third kappa shape index (κ3) is 4.64. The van der Waals surface area contributed by atoms with Crippen LogP contribution in [-0.2, 0) is 17.1 Å². The van der Waals surface area contributed by atoms with Crippen LogP contribution in [0, 0.1) is 6.92 Å². The number of carbonyl (C=O) groups excluding carboxylic acids is 1. The van der Waals surface area contributed by atoms with E-state index >= 15 is 0 Å². The van der Waals surface area contributed by atoms with Crippen LogP contribution in [0.25, 0.3) is 0 Å². The van der Waals surface area contributed by atoms with Crippen molar-refractivity contribution in [3.8, 4) is 0 Å². The maximum Gasteiger partial charge on any atom is 0.263 e. The Morgan fingerprint density at radius 3 is 2.25 bits per heavy atom. The van der Waals surface area contributed by atoms with E-state index in [1.54, 1.807) is 19.2 Å². The molecule has 1 saturated heterocycles. The number of anilines is 2. The number of halogens is 1. The molecule has 2 aromatic carbocycles. The minimum Gasteiger partial charge on any atom is -0.369 e. The summed E-state index contributed by atoms with van der Waals surface area (Å²) in [5.74, 6) is -0.514. The zero-order chi connectivity index (χ0) is 22.9. The van der Waals surface area contributed by atoms with Gasteiger partial charge in [0, 0.05) is 55.8 Å². The van der Waals surface area contributed by atoms with Gasteiger partial charge in [-0.2, -0.15) is 9.40 Å². The zero-order valence-electron chi connectivity index (χ0n) is 17.8. The monoisotopic (exact) mass is 473 g/mol. The van der Waals surface area contributed by atoms with Crippen molar-refractivity contribution in [1.82, 2.24) is 14.1 Å². The molecule has 2 heterocycles. The van der Waals surface area contributed by atoms with Gasteiger partial charge in [0.25, 0.3) is 15.9 Å². The number of hydrogen-bond acceptors (Lipinski definition) is 5. The summed E-state index contributed by atoms with van der Waals surface area (Å²) in [6, 6.07) is 14.7. The van der Waals surface area contributed by atoms with E-state index in [2.05, 4.69) is 15.3 Å². The van der Waals surface area contributed by atoms with E-state index in [4.69, 9.17) is 11.6 Å². The minimum atomic E-state index is -3.94. The lowest BCUT2D eigenvalue weighted by molar-refractivity contribution is 0.102. The Labute approximate surface area is 192 Å². The van der Waals surface area contributed by atoms with Gasteiger partial charge in [-0.25, -0.2) is 8.42 Å². The largest absolute Gasteiger partial charge is 0.369 e. The fourth-order valence-electron chi connectivity index (χ4n) is 3.61. The van der Waals surface area contributed by atoms with Gasteiger partial charge in [-0.3, -0.25) is 9.48 Å². The Balaban J connectivity index is 1.51. The quantitative estimate of drug-likeness (QED) is 0.615. The van der Waals surface area contributed by atoms with Gasteiger partial charge in [0.1, 0.15) is 0 Å². The zero-order valence-corrected chi connectivity index (χ0v) is 19.4. The molecule has 1 fully saturated rings. The first-order chi connectivity index (χ1) is 15.2. The van der Waals surface area contributed by atoms with Crippen LogP contribution >= 0.6 is 11.6 Å². The predicted octanol–water partition coefficient (Wildman–Crippen LogP) is 3.15. The number of aromatic nitrogens is 2. The van der Waals surface area contributed by atoms with Crippen LogP contribution in [0.2, 0.25) is 5.02 Å². The molecular formula is C22H24ClN5O3S. The summed E-state index contributed by atoms with van der Waals surface area (Å²) in [5, 5.41) is 7.29. The number of amides is 1. The lowest BCUT2D eigenvalue weighted by Crippen LogP contribution is -2.49. The van der Waals surface area contributed by atoms with Crippen molar-refractivity contribution >= 4 is 38.9 Å². The maximum absolute atomic E-state index is 13.3. The number of benzene rings is 2. The van der Waals surface area contributed by atoms with Gasteiger partial charge in [0.2, 0.25) is 5.03 Å². The topological polar surface area (TPSA) is 87.5 Å². The van der Waals surface area contributed by atoms with E-state index in [1.165, 1.54) is 15.2 Å². The number of carbonyl (C=O) groups is 1. The SMILES string of the molecule is Cc1ccc(NC(=O)c2cn(C)nc2S(=O)(=O)N2CCN(c3ccc(Cl)cc3)CC2)cc1.